The molecule has 0 fully saturated rings. The summed E-state index contributed by atoms with van der Waals surface area (Å²) >= 11 is 0. The Hall–Kier alpha value is -3.67. The first-order valence-corrected chi connectivity index (χ1v) is 19.4. The Labute approximate surface area is 319 Å². The Balaban J connectivity index is 3.67. The van der Waals surface area contributed by atoms with Crippen LogP contribution in [0.2, 0.25) is 0 Å². The summed E-state index contributed by atoms with van der Waals surface area (Å²) in [6.45, 7) is 3.81. The van der Waals surface area contributed by atoms with Crippen molar-refractivity contribution in [1.82, 2.24) is 21.3 Å². The van der Waals surface area contributed by atoms with Crippen LogP contribution >= 0.6 is 0 Å². The number of carboxylic acid groups (broad SMARTS) is 3. The van der Waals surface area contributed by atoms with Gasteiger partial charge >= 0.3 is 17.9 Å². The lowest BCUT2D eigenvalue weighted by atomic mass is 9.95. The number of rotatable bonds is 39. The van der Waals surface area contributed by atoms with Crippen molar-refractivity contribution in [1.29, 1.82) is 0 Å². The maximum atomic E-state index is 12.3. The second kappa shape index (κ2) is 35.1. The summed E-state index contributed by atoms with van der Waals surface area (Å²) in [7, 11) is 1.57. The van der Waals surface area contributed by atoms with Gasteiger partial charge in [-0.25, -0.2) is 0 Å². The third-order valence-corrected chi connectivity index (χ3v) is 8.43. The molecule has 0 spiro atoms. The van der Waals surface area contributed by atoms with Crippen molar-refractivity contribution in [2.24, 2.45) is 5.92 Å². The summed E-state index contributed by atoms with van der Waals surface area (Å²) < 4.78 is 16.4. The SMILES string of the molecule is CN[C@@H](CCCCNC(=O)CC[C@H](CC(=O)CCC(=O)NCCCOCCOCCOCCCNC(=O)CCCCCCCCC(=O)O)C(=O)O)C(=O)O. The zero-order chi connectivity index (χ0) is 40.2. The van der Waals surface area contributed by atoms with Crippen LogP contribution in [0.4, 0.5) is 0 Å². The predicted molar refractivity (Wildman–Crippen MR) is 199 cm³/mol. The van der Waals surface area contributed by atoms with Crippen molar-refractivity contribution >= 4 is 41.4 Å². The Bertz CT molecular complexity index is 1080. The number of ketones is 1. The van der Waals surface area contributed by atoms with Gasteiger partial charge < -0.3 is 50.8 Å². The molecule has 0 bridgehead atoms. The number of likely N-dealkylation sites (N-methyl/N-ethyl adjacent to an activating group) is 1. The molecule has 17 heteroatoms. The third-order valence-electron chi connectivity index (χ3n) is 8.43. The largest absolute Gasteiger partial charge is 0.481 e. The molecule has 0 saturated heterocycles. The Morgan fingerprint density at radius 1 is 0.481 bits per heavy atom. The van der Waals surface area contributed by atoms with E-state index in [1.807, 2.05) is 0 Å². The van der Waals surface area contributed by atoms with Gasteiger partial charge in [0.05, 0.1) is 32.3 Å². The lowest BCUT2D eigenvalue weighted by Crippen LogP contribution is -2.34. The molecule has 0 aliphatic carbocycles. The number of Topliss-reactive ketones (excluding diaryl/α,β-unsaturated/α-hetero) is 1. The normalized spacial score (nSPS) is 12.1. The number of hydrogen-bond acceptors (Lipinski definition) is 11. The molecule has 0 heterocycles. The molecule has 0 unspecified atom stereocenters. The molecule has 0 aromatic carbocycles. The molecule has 0 rings (SSSR count). The van der Waals surface area contributed by atoms with E-state index < -0.39 is 29.9 Å². The van der Waals surface area contributed by atoms with Crippen LogP contribution in [0, 0.1) is 5.92 Å². The second-order valence-corrected chi connectivity index (χ2v) is 13.1. The first-order valence-electron chi connectivity index (χ1n) is 19.4. The van der Waals surface area contributed by atoms with Crippen LogP contribution in [0.15, 0.2) is 0 Å². The molecular formula is C37H66N4O13. The second-order valence-electron chi connectivity index (χ2n) is 13.1. The van der Waals surface area contributed by atoms with Gasteiger partial charge in [-0.2, -0.15) is 0 Å². The molecule has 17 nitrogen and oxygen atoms in total. The summed E-state index contributed by atoms with van der Waals surface area (Å²) in [5.74, 6) is -4.89. The van der Waals surface area contributed by atoms with E-state index in [0.717, 1.165) is 32.1 Å². The monoisotopic (exact) mass is 774 g/mol. The fourth-order valence-electron chi connectivity index (χ4n) is 5.22. The molecule has 0 saturated carbocycles. The van der Waals surface area contributed by atoms with E-state index in [1.165, 1.54) is 0 Å². The van der Waals surface area contributed by atoms with Crippen LogP contribution in [-0.2, 0) is 47.8 Å². The summed E-state index contributed by atoms with van der Waals surface area (Å²) in [5.41, 5.74) is 0. The van der Waals surface area contributed by atoms with Crippen LogP contribution in [0.3, 0.4) is 0 Å². The topological polar surface area (TPSA) is 256 Å². The van der Waals surface area contributed by atoms with Gasteiger partial charge in [0.1, 0.15) is 11.8 Å². The van der Waals surface area contributed by atoms with Crippen LogP contribution in [0.5, 0.6) is 0 Å². The van der Waals surface area contributed by atoms with E-state index in [1.54, 1.807) is 7.05 Å². The lowest BCUT2D eigenvalue weighted by molar-refractivity contribution is -0.144. The lowest BCUT2D eigenvalue weighted by Gasteiger charge is -2.12. The highest BCUT2D eigenvalue weighted by atomic mass is 16.5. The van der Waals surface area contributed by atoms with E-state index >= 15 is 0 Å². The van der Waals surface area contributed by atoms with Crippen LogP contribution in [0.1, 0.15) is 116 Å². The van der Waals surface area contributed by atoms with Crippen LogP contribution < -0.4 is 21.3 Å². The first-order chi connectivity index (χ1) is 26.0. The molecule has 0 aromatic heterocycles. The minimum Gasteiger partial charge on any atom is -0.481 e. The Morgan fingerprint density at radius 2 is 0.963 bits per heavy atom. The van der Waals surface area contributed by atoms with Crippen molar-refractivity contribution in [3.63, 3.8) is 0 Å². The van der Waals surface area contributed by atoms with Gasteiger partial charge in [0.25, 0.3) is 0 Å². The van der Waals surface area contributed by atoms with Crippen molar-refractivity contribution in [3.05, 3.63) is 0 Å². The quantitative estimate of drug-likeness (QED) is 0.0443. The van der Waals surface area contributed by atoms with Gasteiger partial charge in [0.2, 0.25) is 17.7 Å². The van der Waals surface area contributed by atoms with Gasteiger partial charge in [-0.3, -0.25) is 33.6 Å². The first kappa shape index (κ1) is 50.3. The number of carboxylic acids is 3. The van der Waals surface area contributed by atoms with Crippen molar-refractivity contribution < 1.29 is 63.1 Å². The maximum Gasteiger partial charge on any atom is 0.320 e. The highest BCUT2D eigenvalue weighted by Crippen LogP contribution is 2.14. The average Bonchev–Trinajstić information content (AvgIpc) is 3.12. The number of carbonyl (C=O) groups is 7. The predicted octanol–water partition coefficient (Wildman–Crippen LogP) is 2.43. The molecular weight excluding hydrogens is 708 g/mol. The number of ether oxygens (including phenoxy) is 3. The van der Waals surface area contributed by atoms with E-state index in [9.17, 15) is 38.7 Å². The van der Waals surface area contributed by atoms with E-state index in [4.69, 9.17) is 24.4 Å². The number of hydrogen-bond donors (Lipinski definition) is 7. The fraction of sp³-hybridized carbons (Fsp3) is 0.811. The minimum absolute atomic E-state index is 0.00861. The third kappa shape index (κ3) is 32.9. The summed E-state index contributed by atoms with van der Waals surface area (Å²) in [5, 5.41) is 38.1. The molecule has 0 aromatic rings. The molecule has 0 radical (unpaired) electrons. The van der Waals surface area contributed by atoms with E-state index in [0.29, 0.717) is 104 Å². The molecule has 3 amide bonds. The van der Waals surface area contributed by atoms with Gasteiger partial charge in [-0.1, -0.05) is 25.7 Å². The molecule has 7 N–H and O–H groups in total. The minimum atomic E-state index is -1.18. The smallest absolute Gasteiger partial charge is 0.320 e. The highest BCUT2D eigenvalue weighted by molar-refractivity contribution is 5.87. The molecule has 2 atom stereocenters. The summed E-state index contributed by atoms with van der Waals surface area (Å²) in [6, 6.07) is -0.646. The number of amides is 3. The zero-order valence-corrected chi connectivity index (χ0v) is 32.2. The van der Waals surface area contributed by atoms with Crippen LogP contribution in [0.25, 0.3) is 0 Å². The molecule has 54 heavy (non-hydrogen) atoms. The van der Waals surface area contributed by atoms with E-state index in [2.05, 4.69) is 21.3 Å². The van der Waals surface area contributed by atoms with E-state index in [-0.39, 0.29) is 62.0 Å². The number of unbranched alkanes of at least 4 members (excludes halogenated alkanes) is 6. The Kier molecular flexibility index (Phi) is 32.7. The van der Waals surface area contributed by atoms with Crippen molar-refractivity contribution in [3.8, 4) is 0 Å². The highest BCUT2D eigenvalue weighted by Gasteiger charge is 2.22. The van der Waals surface area contributed by atoms with Gasteiger partial charge in [0, 0.05) is 71.4 Å². The molecule has 0 aliphatic heterocycles. The summed E-state index contributed by atoms with van der Waals surface area (Å²) in [4.78, 5) is 81.5. The van der Waals surface area contributed by atoms with Crippen molar-refractivity contribution in [2.45, 2.75) is 122 Å². The number of aliphatic carboxylic acids is 3. The van der Waals surface area contributed by atoms with Crippen molar-refractivity contribution in [2.75, 3.05) is 66.3 Å². The fourth-order valence-corrected chi connectivity index (χ4v) is 5.22. The van der Waals surface area contributed by atoms with Gasteiger partial charge in [0.15, 0.2) is 0 Å². The zero-order valence-electron chi connectivity index (χ0n) is 32.2. The van der Waals surface area contributed by atoms with Crippen LogP contribution in [-0.4, -0.2) is 129 Å². The number of nitrogens with one attached hydrogen (secondary N) is 4. The summed E-state index contributed by atoms with van der Waals surface area (Å²) in [6.07, 6.45) is 8.52. The Morgan fingerprint density at radius 3 is 1.48 bits per heavy atom. The standard InChI is InChI=1S/C37H66N4O13/c1-38-31(37(50)51)12-8-9-19-39-33(44)17-15-29(36(48)49)28-30(42)16-18-34(45)41-21-11-23-53-25-27-54-26-24-52-22-10-20-40-32(43)13-6-4-2-3-5-7-14-35(46)47/h29,31,38H,2-28H2,1H3,(H,39,44)(H,40,43)(H,41,45)(H,46,47)(H,48,49)(H,50,51)/t29-,31+/m1/s1. The van der Waals surface area contributed by atoms with Gasteiger partial charge in [-0.05, 0) is 58.4 Å². The molecule has 312 valence electrons. The maximum absolute atomic E-state index is 12.3. The average molecular weight is 775 g/mol. The van der Waals surface area contributed by atoms with Gasteiger partial charge in [-0.15, -0.1) is 0 Å². The number of carbonyl (C=O) groups excluding carboxylic acids is 4. The molecule has 0 aliphatic rings.